The van der Waals surface area contributed by atoms with E-state index < -0.39 is 0 Å². The molecule has 1 aromatic heterocycles. The van der Waals surface area contributed by atoms with Gasteiger partial charge >= 0.3 is 0 Å². The third-order valence-electron chi connectivity index (χ3n) is 6.85. The maximum atomic E-state index is 13.4. The number of methoxy groups -OCH3 is 1. The molecule has 2 aliphatic rings. The number of aryl methyl sites for hydroxylation is 1. The van der Waals surface area contributed by atoms with Gasteiger partial charge in [-0.05, 0) is 56.2 Å². The molecule has 5 rings (SSSR count). The zero-order valence-electron chi connectivity index (χ0n) is 20.6. The minimum Gasteiger partial charge on any atom is -0.497 e. The van der Waals surface area contributed by atoms with Crippen LogP contribution in [0, 0.1) is 6.92 Å². The third kappa shape index (κ3) is 4.71. The molecule has 1 aliphatic heterocycles. The summed E-state index contributed by atoms with van der Waals surface area (Å²) in [6, 6.07) is 17.1. The number of hydrazone groups is 1. The summed E-state index contributed by atoms with van der Waals surface area (Å²) in [5, 5.41) is 4.43. The van der Waals surface area contributed by atoms with Crippen LogP contribution in [0.1, 0.15) is 50.6 Å². The van der Waals surface area contributed by atoms with Crippen molar-refractivity contribution in [1.82, 2.24) is 10.3 Å². The van der Waals surface area contributed by atoms with E-state index in [-0.39, 0.29) is 11.8 Å². The fourth-order valence-electron chi connectivity index (χ4n) is 4.86. The summed E-state index contributed by atoms with van der Waals surface area (Å²) in [7, 11) is 1.58. The van der Waals surface area contributed by atoms with Crippen LogP contribution in [0.4, 0.5) is 5.69 Å². The van der Waals surface area contributed by atoms with Gasteiger partial charge in [-0.3, -0.25) is 9.59 Å². The lowest BCUT2D eigenvalue weighted by atomic mass is 9.93. The number of amides is 2. The molecule has 1 aliphatic carbocycles. The van der Waals surface area contributed by atoms with Gasteiger partial charge in [0, 0.05) is 55.0 Å². The first kappa shape index (κ1) is 23.7. The molecular weight excluding hydrogens is 456 g/mol. The summed E-state index contributed by atoms with van der Waals surface area (Å²) in [6.07, 6.45) is 2.30. The molecule has 0 unspecified atom stereocenters. The fourth-order valence-corrected chi connectivity index (χ4v) is 4.86. The van der Waals surface area contributed by atoms with Crippen molar-refractivity contribution in [2.24, 2.45) is 5.10 Å². The number of ether oxygens (including phenoxy) is 1. The van der Waals surface area contributed by atoms with Crippen molar-refractivity contribution in [3.05, 3.63) is 82.8 Å². The number of fused-ring (bicyclic) bond motifs is 1. The van der Waals surface area contributed by atoms with Crippen molar-refractivity contribution in [2.75, 3.05) is 38.2 Å². The number of hydrogen-bond donors (Lipinski definition) is 1. The first-order chi connectivity index (χ1) is 17.5. The predicted octanol–water partition coefficient (Wildman–Crippen LogP) is 4.03. The molecule has 0 bridgehead atoms. The Morgan fingerprint density at radius 3 is 2.39 bits per heavy atom. The summed E-state index contributed by atoms with van der Waals surface area (Å²) in [4.78, 5) is 30.1. The van der Waals surface area contributed by atoms with E-state index in [4.69, 9.17) is 9.15 Å². The van der Waals surface area contributed by atoms with Gasteiger partial charge in [-0.1, -0.05) is 18.2 Å². The summed E-state index contributed by atoms with van der Waals surface area (Å²) < 4.78 is 11.2. The number of piperazine rings is 1. The maximum absolute atomic E-state index is 13.4. The van der Waals surface area contributed by atoms with E-state index in [0.717, 1.165) is 48.5 Å². The number of para-hydroxylation sites is 1. The van der Waals surface area contributed by atoms with E-state index in [9.17, 15) is 9.59 Å². The van der Waals surface area contributed by atoms with Gasteiger partial charge < -0.3 is 19.0 Å². The smallest absolute Gasteiger partial charge is 0.289 e. The quantitative estimate of drug-likeness (QED) is 0.551. The molecule has 0 radical (unpaired) electrons. The van der Waals surface area contributed by atoms with Crippen LogP contribution in [0.2, 0.25) is 0 Å². The Kier molecular flexibility index (Phi) is 6.75. The van der Waals surface area contributed by atoms with Crippen LogP contribution < -0.4 is 15.1 Å². The van der Waals surface area contributed by atoms with E-state index in [1.165, 1.54) is 5.69 Å². The van der Waals surface area contributed by atoms with Crippen LogP contribution in [0.15, 0.2) is 64.1 Å². The zero-order valence-corrected chi connectivity index (χ0v) is 20.6. The van der Waals surface area contributed by atoms with Crippen molar-refractivity contribution in [1.29, 1.82) is 0 Å². The Bertz CT molecular complexity index is 1270. The monoisotopic (exact) mass is 486 g/mol. The molecule has 0 spiro atoms. The Morgan fingerprint density at radius 1 is 0.972 bits per heavy atom. The number of hydrogen-bond acceptors (Lipinski definition) is 6. The number of carbonyl (C=O) groups excluding carboxylic acids is 2. The molecule has 2 aromatic carbocycles. The number of nitrogens with zero attached hydrogens (tertiary/aromatic N) is 3. The van der Waals surface area contributed by atoms with Gasteiger partial charge in [0.2, 0.25) is 0 Å². The predicted molar refractivity (Wildman–Crippen MR) is 138 cm³/mol. The molecule has 8 nitrogen and oxygen atoms in total. The highest BCUT2D eigenvalue weighted by atomic mass is 16.5. The lowest BCUT2D eigenvalue weighted by Gasteiger charge is -2.35. The van der Waals surface area contributed by atoms with E-state index in [0.29, 0.717) is 36.6 Å². The van der Waals surface area contributed by atoms with Gasteiger partial charge in [0.15, 0.2) is 5.76 Å². The molecule has 1 N–H and O–H groups in total. The zero-order chi connectivity index (χ0) is 25.1. The van der Waals surface area contributed by atoms with E-state index in [1.807, 2.05) is 30.0 Å². The SMILES string of the molecule is COc1ccc(C(=O)N/N=C2\CCCc3oc(C(=O)N4CCN(c5ccccc5)CC4)c(C)c32)cc1. The Labute approximate surface area is 210 Å². The van der Waals surface area contributed by atoms with Crippen molar-refractivity contribution in [3.8, 4) is 5.75 Å². The average molecular weight is 487 g/mol. The highest BCUT2D eigenvalue weighted by Gasteiger charge is 2.31. The first-order valence-corrected chi connectivity index (χ1v) is 12.3. The minimum absolute atomic E-state index is 0.0868. The number of furan rings is 1. The molecule has 186 valence electrons. The van der Waals surface area contributed by atoms with Crippen LogP contribution in [0.25, 0.3) is 0 Å². The van der Waals surface area contributed by atoms with Crippen LogP contribution in [-0.4, -0.2) is 55.7 Å². The van der Waals surface area contributed by atoms with Crippen molar-refractivity contribution < 1.29 is 18.7 Å². The third-order valence-corrected chi connectivity index (χ3v) is 6.85. The number of benzene rings is 2. The summed E-state index contributed by atoms with van der Waals surface area (Å²) in [5.74, 6) is 1.44. The van der Waals surface area contributed by atoms with Gasteiger partial charge in [0.1, 0.15) is 11.5 Å². The van der Waals surface area contributed by atoms with Crippen LogP contribution in [-0.2, 0) is 6.42 Å². The van der Waals surface area contributed by atoms with Gasteiger partial charge in [-0.15, -0.1) is 0 Å². The van der Waals surface area contributed by atoms with E-state index in [2.05, 4.69) is 27.6 Å². The molecule has 8 heteroatoms. The Hall–Kier alpha value is -4.07. The van der Waals surface area contributed by atoms with Gasteiger partial charge in [0.05, 0.1) is 12.8 Å². The second-order valence-corrected chi connectivity index (χ2v) is 9.05. The summed E-state index contributed by atoms with van der Waals surface area (Å²) in [6.45, 7) is 4.73. The minimum atomic E-state index is -0.300. The molecule has 2 heterocycles. The largest absolute Gasteiger partial charge is 0.497 e. The number of carbonyl (C=O) groups is 2. The molecule has 36 heavy (non-hydrogen) atoms. The Balaban J connectivity index is 1.29. The van der Waals surface area contributed by atoms with Crippen LogP contribution >= 0.6 is 0 Å². The molecule has 0 atom stereocenters. The molecule has 2 amide bonds. The van der Waals surface area contributed by atoms with Gasteiger partial charge in [0.25, 0.3) is 11.8 Å². The second-order valence-electron chi connectivity index (χ2n) is 9.05. The summed E-state index contributed by atoms with van der Waals surface area (Å²) in [5.41, 5.74) is 6.71. The molecule has 1 fully saturated rings. The topological polar surface area (TPSA) is 87.4 Å². The van der Waals surface area contributed by atoms with Crippen LogP contribution in [0.5, 0.6) is 5.75 Å². The Morgan fingerprint density at radius 2 is 1.69 bits per heavy atom. The van der Waals surface area contributed by atoms with E-state index >= 15 is 0 Å². The fraction of sp³-hybridized carbons (Fsp3) is 0.321. The summed E-state index contributed by atoms with van der Waals surface area (Å²) >= 11 is 0. The normalized spacial score (nSPS) is 16.6. The average Bonchev–Trinajstić information content (AvgIpc) is 3.28. The maximum Gasteiger partial charge on any atom is 0.289 e. The molecular formula is C28H30N4O4. The highest BCUT2D eigenvalue weighted by molar-refractivity contribution is 6.07. The van der Waals surface area contributed by atoms with Gasteiger partial charge in [-0.25, -0.2) is 5.43 Å². The van der Waals surface area contributed by atoms with Crippen molar-refractivity contribution in [2.45, 2.75) is 26.2 Å². The van der Waals surface area contributed by atoms with Crippen molar-refractivity contribution in [3.63, 3.8) is 0 Å². The van der Waals surface area contributed by atoms with Crippen molar-refractivity contribution >= 4 is 23.2 Å². The lowest BCUT2D eigenvalue weighted by molar-refractivity contribution is 0.0711. The second kappa shape index (κ2) is 10.3. The molecule has 0 saturated carbocycles. The van der Waals surface area contributed by atoms with Gasteiger partial charge in [-0.2, -0.15) is 5.10 Å². The molecule has 3 aromatic rings. The number of anilines is 1. The highest BCUT2D eigenvalue weighted by Crippen LogP contribution is 2.31. The number of rotatable bonds is 5. The lowest BCUT2D eigenvalue weighted by Crippen LogP contribution is -2.48. The number of nitrogens with one attached hydrogen (secondary N) is 1. The molecule has 1 saturated heterocycles. The first-order valence-electron chi connectivity index (χ1n) is 12.3. The van der Waals surface area contributed by atoms with Crippen LogP contribution in [0.3, 0.4) is 0 Å². The standard InChI is InChI=1S/C28H30N4O4/c1-19-25-23(29-30-27(33)20-11-13-22(35-2)14-12-20)9-6-10-24(25)36-26(19)28(34)32-17-15-31(16-18-32)21-7-4-3-5-8-21/h3-5,7-8,11-14H,6,9-10,15-18H2,1-2H3,(H,30,33)/b29-23+. The van der Waals surface area contributed by atoms with E-state index in [1.54, 1.807) is 31.4 Å².